The number of hydrogen-bond donors (Lipinski definition) is 0. The average Bonchev–Trinajstić information content (AvgIpc) is 2.45. The molecule has 0 saturated heterocycles. The van der Waals surface area contributed by atoms with Crippen LogP contribution in [0.3, 0.4) is 0 Å². The lowest BCUT2D eigenvalue weighted by Crippen LogP contribution is -2.10. The molecule has 0 unspecified atom stereocenters. The van der Waals surface area contributed by atoms with Crippen LogP contribution < -0.4 is 4.74 Å². The molecule has 0 aromatic heterocycles. The predicted molar refractivity (Wildman–Crippen MR) is 72.3 cm³/mol. The summed E-state index contributed by atoms with van der Waals surface area (Å²) in [4.78, 5) is 0. The van der Waals surface area contributed by atoms with Gasteiger partial charge in [-0.25, -0.2) is 0 Å². The Balaban J connectivity index is 2.19. The summed E-state index contributed by atoms with van der Waals surface area (Å²) < 4.78 is 43.6. The van der Waals surface area contributed by atoms with E-state index >= 15 is 0 Å². The summed E-state index contributed by atoms with van der Waals surface area (Å²) in [5, 5.41) is 0. The van der Waals surface area contributed by atoms with Crippen molar-refractivity contribution in [1.29, 1.82) is 0 Å². The number of hydrogen-bond acceptors (Lipinski definition) is 1. The summed E-state index contributed by atoms with van der Waals surface area (Å²) in [6.07, 6.45) is -4.47. The molecule has 0 aliphatic rings. The van der Waals surface area contributed by atoms with Gasteiger partial charge in [-0.15, -0.1) is 0 Å². The zero-order valence-electron chi connectivity index (χ0n) is 10.7. The fourth-order valence-corrected chi connectivity index (χ4v) is 1.73. The lowest BCUT2D eigenvalue weighted by molar-refractivity contribution is -0.0688. The van der Waals surface area contributed by atoms with Gasteiger partial charge in [0.1, 0.15) is 12.4 Å². The first kappa shape index (κ1) is 14.2. The van der Waals surface area contributed by atoms with Crippen LogP contribution in [0.2, 0.25) is 0 Å². The van der Waals surface area contributed by atoms with Crippen molar-refractivity contribution in [3.63, 3.8) is 0 Å². The third kappa shape index (κ3) is 3.41. The molecular formula is C16H13F3O. The number of allylic oxidation sites excluding steroid dienone is 1. The van der Waals surface area contributed by atoms with Crippen LogP contribution >= 0.6 is 0 Å². The maximum absolute atomic E-state index is 12.7. The van der Waals surface area contributed by atoms with Gasteiger partial charge in [-0.05, 0) is 11.6 Å². The number of alkyl halides is 3. The lowest BCUT2D eigenvalue weighted by Gasteiger charge is -2.15. The van der Waals surface area contributed by atoms with Gasteiger partial charge in [0.25, 0.3) is 0 Å². The van der Waals surface area contributed by atoms with Crippen LogP contribution in [0.25, 0.3) is 5.57 Å². The van der Waals surface area contributed by atoms with Crippen LogP contribution in [-0.4, -0.2) is 6.18 Å². The molecule has 20 heavy (non-hydrogen) atoms. The summed E-state index contributed by atoms with van der Waals surface area (Å²) >= 11 is 0. The van der Waals surface area contributed by atoms with Crippen LogP contribution in [-0.2, 0) is 6.61 Å². The van der Waals surface area contributed by atoms with Crippen LogP contribution in [0.1, 0.15) is 11.1 Å². The van der Waals surface area contributed by atoms with E-state index in [1.807, 2.05) is 30.3 Å². The normalized spacial score (nSPS) is 11.2. The van der Waals surface area contributed by atoms with Crippen molar-refractivity contribution in [2.45, 2.75) is 12.8 Å². The number of benzene rings is 2. The van der Waals surface area contributed by atoms with Gasteiger partial charge in [0.15, 0.2) is 0 Å². The van der Waals surface area contributed by atoms with E-state index in [0.717, 1.165) is 5.56 Å². The van der Waals surface area contributed by atoms with E-state index in [1.165, 1.54) is 18.2 Å². The van der Waals surface area contributed by atoms with Gasteiger partial charge in [0, 0.05) is 5.56 Å². The minimum absolute atomic E-state index is 0.0315. The molecule has 0 amide bonds. The van der Waals surface area contributed by atoms with E-state index in [2.05, 4.69) is 6.58 Å². The smallest absolute Gasteiger partial charge is 0.416 e. The maximum Gasteiger partial charge on any atom is 0.416 e. The van der Waals surface area contributed by atoms with Crippen LogP contribution in [0.15, 0.2) is 61.2 Å². The molecule has 0 bridgehead atoms. The second-order valence-electron chi connectivity index (χ2n) is 4.25. The highest BCUT2D eigenvalue weighted by Gasteiger charge is 2.34. The molecule has 0 aliphatic heterocycles. The van der Waals surface area contributed by atoms with Crippen molar-refractivity contribution >= 4 is 5.57 Å². The van der Waals surface area contributed by atoms with E-state index in [9.17, 15) is 13.2 Å². The van der Waals surface area contributed by atoms with Gasteiger partial charge in [-0.1, -0.05) is 55.1 Å². The molecule has 1 nitrogen and oxygen atoms in total. The highest BCUT2D eigenvalue weighted by Crippen LogP contribution is 2.36. The van der Waals surface area contributed by atoms with Crippen LogP contribution in [0, 0.1) is 0 Å². The lowest BCUT2D eigenvalue weighted by atomic mass is 10.1. The highest BCUT2D eigenvalue weighted by molar-refractivity contribution is 5.72. The van der Waals surface area contributed by atoms with Gasteiger partial charge in [-0.3, -0.25) is 0 Å². The van der Waals surface area contributed by atoms with Crippen molar-refractivity contribution in [1.82, 2.24) is 0 Å². The molecule has 0 heterocycles. The third-order valence-corrected chi connectivity index (χ3v) is 2.79. The van der Waals surface area contributed by atoms with Gasteiger partial charge < -0.3 is 4.74 Å². The molecule has 104 valence electrons. The standard InChI is InChI=1S/C16H13F3O/c1-12(16(17,18)19)14-9-5-6-10-15(14)20-11-13-7-3-2-4-8-13/h2-10H,1,11H2. The Hall–Kier alpha value is -2.23. The predicted octanol–water partition coefficient (Wildman–Crippen LogP) is 4.84. The number of halogens is 3. The second-order valence-corrected chi connectivity index (χ2v) is 4.25. The maximum atomic E-state index is 12.7. The summed E-state index contributed by atoms with van der Waals surface area (Å²) in [6, 6.07) is 15.3. The molecule has 2 aromatic rings. The summed E-state index contributed by atoms with van der Waals surface area (Å²) in [6.45, 7) is 3.32. The van der Waals surface area contributed by atoms with E-state index in [4.69, 9.17) is 4.74 Å². The van der Waals surface area contributed by atoms with Crippen molar-refractivity contribution < 1.29 is 17.9 Å². The van der Waals surface area contributed by atoms with Crippen molar-refractivity contribution in [2.75, 3.05) is 0 Å². The van der Waals surface area contributed by atoms with Gasteiger partial charge in [0.05, 0.1) is 5.57 Å². The Morgan fingerprint density at radius 2 is 1.55 bits per heavy atom. The fourth-order valence-electron chi connectivity index (χ4n) is 1.73. The minimum atomic E-state index is -4.47. The van der Waals surface area contributed by atoms with Gasteiger partial charge in [0.2, 0.25) is 0 Å². The molecule has 0 fully saturated rings. The Morgan fingerprint density at radius 1 is 0.950 bits per heavy atom. The number of ether oxygens (including phenoxy) is 1. The SMILES string of the molecule is C=C(c1ccccc1OCc1ccccc1)C(F)(F)F. The molecule has 0 atom stereocenters. The first-order valence-electron chi connectivity index (χ1n) is 6.00. The third-order valence-electron chi connectivity index (χ3n) is 2.79. The van der Waals surface area contributed by atoms with Gasteiger partial charge >= 0.3 is 6.18 Å². The zero-order chi connectivity index (χ0) is 14.6. The fraction of sp³-hybridized carbons (Fsp3) is 0.125. The van der Waals surface area contributed by atoms with Crippen LogP contribution in [0.5, 0.6) is 5.75 Å². The molecular weight excluding hydrogens is 265 g/mol. The van der Waals surface area contributed by atoms with Crippen molar-refractivity contribution in [3.8, 4) is 5.75 Å². The largest absolute Gasteiger partial charge is 0.488 e. The zero-order valence-corrected chi connectivity index (χ0v) is 10.7. The monoisotopic (exact) mass is 278 g/mol. The Morgan fingerprint density at radius 3 is 2.20 bits per heavy atom. The molecule has 4 heteroatoms. The molecule has 2 aromatic carbocycles. The first-order chi connectivity index (χ1) is 9.48. The molecule has 0 spiro atoms. The minimum Gasteiger partial charge on any atom is -0.488 e. The Labute approximate surface area is 115 Å². The highest BCUT2D eigenvalue weighted by atomic mass is 19.4. The van der Waals surface area contributed by atoms with Crippen LogP contribution in [0.4, 0.5) is 13.2 Å². The quantitative estimate of drug-likeness (QED) is 0.777. The molecule has 0 aliphatic carbocycles. The molecule has 0 N–H and O–H groups in total. The average molecular weight is 278 g/mol. The summed E-state index contributed by atoms with van der Waals surface area (Å²) in [5.74, 6) is 0.179. The molecule has 0 saturated carbocycles. The van der Waals surface area contributed by atoms with E-state index < -0.39 is 11.7 Å². The molecule has 0 radical (unpaired) electrons. The second kappa shape index (κ2) is 5.82. The Kier molecular flexibility index (Phi) is 4.13. The van der Waals surface area contributed by atoms with Gasteiger partial charge in [-0.2, -0.15) is 13.2 Å². The summed E-state index contributed by atoms with van der Waals surface area (Å²) in [5.41, 5.74) is -0.0444. The number of rotatable bonds is 4. The topological polar surface area (TPSA) is 9.23 Å². The van der Waals surface area contributed by atoms with E-state index in [1.54, 1.807) is 6.07 Å². The van der Waals surface area contributed by atoms with E-state index in [-0.39, 0.29) is 17.9 Å². The first-order valence-corrected chi connectivity index (χ1v) is 6.00. The summed E-state index contributed by atoms with van der Waals surface area (Å²) in [7, 11) is 0. The number of para-hydroxylation sites is 1. The Bertz CT molecular complexity index is 588. The molecule has 2 rings (SSSR count). The van der Waals surface area contributed by atoms with Crippen molar-refractivity contribution in [3.05, 3.63) is 72.3 Å². The van der Waals surface area contributed by atoms with E-state index in [0.29, 0.717) is 0 Å². The van der Waals surface area contributed by atoms with Crippen molar-refractivity contribution in [2.24, 2.45) is 0 Å².